The first kappa shape index (κ1) is 12.0. The van der Waals surface area contributed by atoms with E-state index in [0.717, 1.165) is 0 Å². The molecule has 0 aliphatic carbocycles. The molecule has 1 aromatic rings. The summed E-state index contributed by atoms with van der Waals surface area (Å²) in [4.78, 5) is 4.22. The van der Waals surface area contributed by atoms with Gasteiger partial charge in [-0.05, 0) is 17.9 Å². The van der Waals surface area contributed by atoms with Crippen LogP contribution in [-0.4, -0.2) is 12.1 Å². The first-order chi connectivity index (χ1) is 7.27. The van der Waals surface area contributed by atoms with Crippen molar-refractivity contribution in [3.63, 3.8) is 0 Å². The normalized spacial score (nSPS) is 12.5. The van der Waals surface area contributed by atoms with Gasteiger partial charge in [0.15, 0.2) is 0 Å². The fourth-order valence-corrected chi connectivity index (χ4v) is 1.67. The zero-order chi connectivity index (χ0) is 11.1. The van der Waals surface area contributed by atoms with Crippen molar-refractivity contribution in [3.05, 3.63) is 23.9 Å². The SMILES string of the molecule is CCCCCC(C)c1ccc(OC)nc1. The van der Waals surface area contributed by atoms with Crippen LogP contribution in [0.3, 0.4) is 0 Å². The molecule has 0 radical (unpaired) electrons. The van der Waals surface area contributed by atoms with Crippen LogP contribution >= 0.6 is 0 Å². The third-order valence-electron chi connectivity index (χ3n) is 2.78. The van der Waals surface area contributed by atoms with Crippen LogP contribution in [0.2, 0.25) is 0 Å². The molecule has 0 N–H and O–H groups in total. The van der Waals surface area contributed by atoms with E-state index in [2.05, 4.69) is 24.9 Å². The number of rotatable bonds is 6. The second-order valence-electron chi connectivity index (χ2n) is 4.03. The summed E-state index contributed by atoms with van der Waals surface area (Å²) in [5, 5.41) is 0. The average Bonchev–Trinajstić information content (AvgIpc) is 2.29. The lowest BCUT2D eigenvalue weighted by Gasteiger charge is -2.11. The molecule has 1 atom stereocenters. The minimum atomic E-state index is 0.606. The Labute approximate surface area is 92.7 Å². The minimum absolute atomic E-state index is 0.606. The molecule has 0 saturated heterocycles. The van der Waals surface area contributed by atoms with E-state index < -0.39 is 0 Å². The van der Waals surface area contributed by atoms with Gasteiger partial charge in [-0.15, -0.1) is 0 Å². The van der Waals surface area contributed by atoms with Gasteiger partial charge in [-0.1, -0.05) is 39.2 Å². The van der Waals surface area contributed by atoms with Gasteiger partial charge in [0.05, 0.1) is 7.11 Å². The summed E-state index contributed by atoms with van der Waals surface area (Å²) < 4.78 is 5.04. The maximum absolute atomic E-state index is 5.04. The van der Waals surface area contributed by atoms with Gasteiger partial charge in [0.2, 0.25) is 5.88 Å². The Bertz CT molecular complexity index is 268. The zero-order valence-corrected chi connectivity index (χ0v) is 9.99. The van der Waals surface area contributed by atoms with E-state index in [-0.39, 0.29) is 0 Å². The number of ether oxygens (including phenoxy) is 1. The standard InChI is InChI=1S/C13H21NO/c1-4-5-6-7-11(2)12-8-9-13(15-3)14-10-12/h8-11H,4-7H2,1-3H3. The number of nitrogens with zero attached hydrogens (tertiary/aromatic N) is 1. The molecule has 1 aromatic heterocycles. The molecule has 84 valence electrons. The highest BCUT2D eigenvalue weighted by Crippen LogP contribution is 2.22. The van der Waals surface area contributed by atoms with Gasteiger partial charge in [0.1, 0.15) is 0 Å². The van der Waals surface area contributed by atoms with Gasteiger partial charge >= 0.3 is 0 Å². The van der Waals surface area contributed by atoms with E-state index in [4.69, 9.17) is 4.74 Å². The molecule has 0 saturated carbocycles. The highest BCUT2D eigenvalue weighted by Gasteiger charge is 2.05. The molecule has 15 heavy (non-hydrogen) atoms. The molecule has 0 amide bonds. The van der Waals surface area contributed by atoms with E-state index >= 15 is 0 Å². The summed E-state index contributed by atoms with van der Waals surface area (Å²) in [6, 6.07) is 4.05. The lowest BCUT2D eigenvalue weighted by atomic mass is 9.96. The van der Waals surface area contributed by atoms with Gasteiger partial charge in [-0.2, -0.15) is 0 Å². The minimum Gasteiger partial charge on any atom is -0.481 e. The molecule has 2 heteroatoms. The predicted octanol–water partition coefficient (Wildman–Crippen LogP) is 3.77. The first-order valence-electron chi connectivity index (χ1n) is 5.77. The molecule has 0 aromatic carbocycles. The van der Waals surface area contributed by atoms with Gasteiger partial charge in [0.25, 0.3) is 0 Å². The first-order valence-corrected chi connectivity index (χ1v) is 5.77. The molecular formula is C13H21NO. The Hall–Kier alpha value is -1.05. The third-order valence-corrected chi connectivity index (χ3v) is 2.78. The molecule has 0 aliphatic rings. The Morgan fingerprint density at radius 2 is 2.13 bits per heavy atom. The van der Waals surface area contributed by atoms with Gasteiger partial charge in [0, 0.05) is 12.3 Å². The molecule has 0 fully saturated rings. The molecule has 2 nitrogen and oxygen atoms in total. The van der Waals surface area contributed by atoms with Crippen LogP contribution < -0.4 is 4.74 Å². The molecular weight excluding hydrogens is 186 g/mol. The molecule has 0 bridgehead atoms. The summed E-state index contributed by atoms with van der Waals surface area (Å²) in [7, 11) is 1.65. The highest BCUT2D eigenvalue weighted by molar-refractivity contribution is 5.20. The second-order valence-corrected chi connectivity index (χ2v) is 4.03. The maximum Gasteiger partial charge on any atom is 0.212 e. The number of unbranched alkanes of at least 4 members (excludes halogenated alkanes) is 2. The number of aromatic nitrogens is 1. The summed E-state index contributed by atoms with van der Waals surface area (Å²) in [6.07, 6.45) is 7.10. The Morgan fingerprint density at radius 3 is 2.67 bits per heavy atom. The summed E-state index contributed by atoms with van der Waals surface area (Å²) in [6.45, 7) is 4.50. The fourth-order valence-electron chi connectivity index (χ4n) is 1.67. The zero-order valence-electron chi connectivity index (χ0n) is 9.99. The van der Waals surface area contributed by atoms with E-state index in [1.165, 1.54) is 31.2 Å². The van der Waals surface area contributed by atoms with Crippen molar-refractivity contribution in [3.8, 4) is 5.88 Å². The van der Waals surface area contributed by atoms with Crippen LogP contribution in [0.5, 0.6) is 5.88 Å². The van der Waals surface area contributed by atoms with E-state index in [0.29, 0.717) is 11.8 Å². The molecule has 1 heterocycles. The van der Waals surface area contributed by atoms with Crippen molar-refractivity contribution in [2.45, 2.75) is 45.4 Å². The molecule has 0 spiro atoms. The van der Waals surface area contributed by atoms with Crippen LogP contribution in [0.4, 0.5) is 0 Å². The monoisotopic (exact) mass is 207 g/mol. The highest BCUT2D eigenvalue weighted by atomic mass is 16.5. The van der Waals surface area contributed by atoms with Gasteiger partial charge < -0.3 is 4.74 Å². The number of hydrogen-bond donors (Lipinski definition) is 0. The van der Waals surface area contributed by atoms with Gasteiger partial charge in [-0.3, -0.25) is 0 Å². The Balaban J connectivity index is 2.46. The average molecular weight is 207 g/mol. The van der Waals surface area contributed by atoms with Crippen molar-refractivity contribution < 1.29 is 4.74 Å². The van der Waals surface area contributed by atoms with Crippen LogP contribution in [0.25, 0.3) is 0 Å². The maximum atomic E-state index is 5.04. The molecule has 1 rings (SSSR count). The summed E-state index contributed by atoms with van der Waals surface area (Å²) >= 11 is 0. The number of methoxy groups -OCH3 is 1. The quantitative estimate of drug-likeness (QED) is 0.662. The largest absolute Gasteiger partial charge is 0.481 e. The van der Waals surface area contributed by atoms with Crippen LogP contribution in [-0.2, 0) is 0 Å². The van der Waals surface area contributed by atoms with E-state index in [1.807, 2.05) is 12.3 Å². The summed E-state index contributed by atoms with van der Waals surface area (Å²) in [5.41, 5.74) is 1.31. The van der Waals surface area contributed by atoms with Crippen LogP contribution in [0, 0.1) is 0 Å². The fraction of sp³-hybridized carbons (Fsp3) is 0.615. The predicted molar refractivity (Wildman–Crippen MR) is 63.3 cm³/mol. The van der Waals surface area contributed by atoms with Crippen molar-refractivity contribution in [1.29, 1.82) is 0 Å². The number of pyridine rings is 1. The third kappa shape index (κ3) is 3.90. The molecule has 1 unspecified atom stereocenters. The summed E-state index contributed by atoms with van der Waals surface area (Å²) in [5.74, 6) is 1.30. The van der Waals surface area contributed by atoms with Crippen molar-refractivity contribution in [2.75, 3.05) is 7.11 Å². The second kappa shape index (κ2) is 6.44. The van der Waals surface area contributed by atoms with Crippen LogP contribution in [0.1, 0.15) is 51.0 Å². The van der Waals surface area contributed by atoms with Crippen molar-refractivity contribution in [1.82, 2.24) is 4.98 Å². The molecule has 0 aliphatic heterocycles. The topological polar surface area (TPSA) is 22.1 Å². The lowest BCUT2D eigenvalue weighted by Crippen LogP contribution is -1.95. The van der Waals surface area contributed by atoms with E-state index in [9.17, 15) is 0 Å². The van der Waals surface area contributed by atoms with Crippen LogP contribution in [0.15, 0.2) is 18.3 Å². The Kier molecular flexibility index (Phi) is 5.16. The smallest absolute Gasteiger partial charge is 0.212 e. The van der Waals surface area contributed by atoms with Crippen molar-refractivity contribution >= 4 is 0 Å². The number of hydrogen-bond acceptors (Lipinski definition) is 2. The van der Waals surface area contributed by atoms with Crippen molar-refractivity contribution in [2.24, 2.45) is 0 Å². The van der Waals surface area contributed by atoms with E-state index in [1.54, 1.807) is 7.11 Å². The van der Waals surface area contributed by atoms with Gasteiger partial charge in [-0.25, -0.2) is 4.98 Å². The lowest BCUT2D eigenvalue weighted by molar-refractivity contribution is 0.397. The Morgan fingerprint density at radius 1 is 1.33 bits per heavy atom.